The molecule has 0 saturated carbocycles. The molecule has 7 heteroatoms. The Morgan fingerprint density at radius 1 is 0.944 bits per heavy atom. The summed E-state index contributed by atoms with van der Waals surface area (Å²) in [6.45, 7) is 4.18. The van der Waals surface area contributed by atoms with Crippen LogP contribution in [0.2, 0.25) is 0 Å². The summed E-state index contributed by atoms with van der Waals surface area (Å²) in [4.78, 5) is 2.48. The number of benzene rings is 3. The molecule has 0 radical (unpaired) electrons. The predicted molar refractivity (Wildman–Crippen MR) is 143 cm³/mol. The van der Waals surface area contributed by atoms with Crippen molar-refractivity contribution in [2.24, 2.45) is 0 Å². The number of ether oxygens (including phenoxy) is 1. The minimum atomic E-state index is -3.67. The van der Waals surface area contributed by atoms with Crippen molar-refractivity contribution in [2.75, 3.05) is 32.5 Å². The average Bonchev–Trinajstić information content (AvgIpc) is 3.37. The third kappa shape index (κ3) is 7.32. The molecule has 0 amide bonds. The largest absolute Gasteiger partial charge is 0.508 e. The van der Waals surface area contributed by atoms with Gasteiger partial charge in [-0.05, 0) is 91.2 Å². The number of aryl methyl sites for hydroxylation is 1. The van der Waals surface area contributed by atoms with Gasteiger partial charge in [-0.25, -0.2) is 0 Å². The molecule has 36 heavy (non-hydrogen) atoms. The molecule has 3 aromatic rings. The number of phenols is 1. The monoisotopic (exact) mass is 509 g/mol. The van der Waals surface area contributed by atoms with E-state index in [1.165, 1.54) is 48.2 Å². The van der Waals surface area contributed by atoms with Crippen LogP contribution in [-0.2, 0) is 16.5 Å². The molecule has 1 heterocycles. The van der Waals surface area contributed by atoms with Crippen molar-refractivity contribution >= 4 is 10.1 Å². The van der Waals surface area contributed by atoms with Crippen LogP contribution in [0.3, 0.4) is 0 Å². The van der Waals surface area contributed by atoms with E-state index in [9.17, 15) is 13.5 Å². The molecule has 2 aliphatic rings. The van der Waals surface area contributed by atoms with Crippen molar-refractivity contribution in [3.05, 3.63) is 95.1 Å². The van der Waals surface area contributed by atoms with Crippen LogP contribution >= 0.6 is 0 Å². The maximum Gasteiger partial charge on any atom is 0.261 e. The van der Waals surface area contributed by atoms with Crippen LogP contribution in [0.4, 0.5) is 0 Å². The van der Waals surface area contributed by atoms with E-state index in [2.05, 4.69) is 65.6 Å². The van der Waals surface area contributed by atoms with E-state index in [1.54, 1.807) is 0 Å². The Bertz CT molecular complexity index is 1210. The highest BCUT2D eigenvalue weighted by Crippen LogP contribution is 2.47. The quantitative estimate of drug-likeness (QED) is 0.443. The molecule has 192 valence electrons. The number of rotatable bonds is 6. The fourth-order valence-electron chi connectivity index (χ4n) is 5.35. The standard InChI is InChI=1S/C28H31NO2.CH4O3S/c30-24-11-15-27-23(20-24)10-14-26(21-6-2-1-3-7-21)28(27)22-8-12-25(13-9-22)31-19-18-29-16-4-5-17-29;1-5(2,3)4/h1-3,6-9,11-13,15,20,26,28,30H,4-5,10,14,16-19H2;1H3,(H,2,3,4)/t26-,28+;/m1./s1. The summed E-state index contributed by atoms with van der Waals surface area (Å²) in [6, 6.07) is 25.4. The zero-order valence-corrected chi connectivity index (χ0v) is 21.5. The van der Waals surface area contributed by atoms with Crippen molar-refractivity contribution in [3.63, 3.8) is 0 Å². The van der Waals surface area contributed by atoms with Gasteiger partial charge in [0.15, 0.2) is 0 Å². The molecule has 6 nitrogen and oxygen atoms in total. The summed E-state index contributed by atoms with van der Waals surface area (Å²) in [5.41, 5.74) is 5.30. The summed E-state index contributed by atoms with van der Waals surface area (Å²) in [6.07, 6.45) is 5.43. The Balaban J connectivity index is 0.000000556. The molecule has 5 rings (SSSR count). The fourth-order valence-corrected chi connectivity index (χ4v) is 5.35. The van der Waals surface area contributed by atoms with Crippen LogP contribution in [0.5, 0.6) is 11.5 Å². The number of hydrogen-bond donors (Lipinski definition) is 2. The smallest absolute Gasteiger partial charge is 0.261 e. The van der Waals surface area contributed by atoms with Gasteiger partial charge >= 0.3 is 0 Å². The zero-order valence-electron chi connectivity index (χ0n) is 20.7. The van der Waals surface area contributed by atoms with Crippen molar-refractivity contribution in [2.45, 2.75) is 37.5 Å². The van der Waals surface area contributed by atoms with Crippen molar-refractivity contribution < 1.29 is 22.8 Å². The molecule has 2 atom stereocenters. The lowest BCUT2D eigenvalue weighted by Crippen LogP contribution is -2.25. The van der Waals surface area contributed by atoms with Gasteiger partial charge in [-0.2, -0.15) is 8.42 Å². The highest BCUT2D eigenvalue weighted by Gasteiger charge is 2.32. The molecule has 1 aliphatic heterocycles. The fraction of sp³-hybridized carbons (Fsp3) is 0.379. The summed E-state index contributed by atoms with van der Waals surface area (Å²) in [7, 11) is -3.67. The minimum Gasteiger partial charge on any atom is -0.508 e. The van der Waals surface area contributed by atoms with Crippen LogP contribution in [0.25, 0.3) is 0 Å². The Labute approximate surface area is 214 Å². The normalized spacial score (nSPS) is 19.7. The van der Waals surface area contributed by atoms with Gasteiger partial charge in [0, 0.05) is 12.5 Å². The van der Waals surface area contributed by atoms with Crippen molar-refractivity contribution in [1.29, 1.82) is 0 Å². The number of aromatic hydroxyl groups is 1. The number of fused-ring (bicyclic) bond motifs is 1. The number of nitrogens with zero attached hydrogens (tertiary/aromatic N) is 1. The van der Waals surface area contributed by atoms with E-state index in [0.29, 0.717) is 17.9 Å². The Morgan fingerprint density at radius 2 is 1.61 bits per heavy atom. The lowest BCUT2D eigenvalue weighted by atomic mass is 9.69. The third-order valence-electron chi connectivity index (χ3n) is 6.93. The maximum atomic E-state index is 10.0. The molecule has 0 spiro atoms. The Morgan fingerprint density at radius 3 is 2.28 bits per heavy atom. The minimum absolute atomic E-state index is 0.283. The summed E-state index contributed by atoms with van der Waals surface area (Å²) in [5.74, 6) is 2.02. The molecule has 1 fully saturated rings. The van der Waals surface area contributed by atoms with Crippen LogP contribution < -0.4 is 4.74 Å². The lowest BCUT2D eigenvalue weighted by Gasteiger charge is -2.35. The molecular weight excluding hydrogens is 474 g/mol. The molecule has 0 bridgehead atoms. The van der Waals surface area contributed by atoms with Gasteiger partial charge in [0.25, 0.3) is 10.1 Å². The molecule has 1 aliphatic carbocycles. The van der Waals surface area contributed by atoms with Gasteiger partial charge < -0.3 is 9.84 Å². The van der Waals surface area contributed by atoms with Gasteiger partial charge in [0.2, 0.25) is 0 Å². The second-order valence-corrected chi connectivity index (χ2v) is 11.1. The molecule has 3 aromatic carbocycles. The first-order valence-electron chi connectivity index (χ1n) is 12.5. The first-order valence-corrected chi connectivity index (χ1v) is 14.4. The lowest BCUT2D eigenvalue weighted by molar-refractivity contribution is 0.237. The highest BCUT2D eigenvalue weighted by atomic mass is 32.2. The van der Waals surface area contributed by atoms with Gasteiger partial charge in [-0.15, -0.1) is 0 Å². The third-order valence-corrected chi connectivity index (χ3v) is 6.93. The number of hydrogen-bond acceptors (Lipinski definition) is 5. The van der Waals surface area contributed by atoms with Crippen LogP contribution in [0, 0.1) is 0 Å². The van der Waals surface area contributed by atoms with E-state index in [0.717, 1.165) is 31.7 Å². The second kappa shape index (κ2) is 11.9. The summed E-state index contributed by atoms with van der Waals surface area (Å²) in [5, 5.41) is 10.0. The molecule has 0 aromatic heterocycles. The topological polar surface area (TPSA) is 87.1 Å². The second-order valence-electron chi connectivity index (χ2n) is 9.62. The molecule has 0 unspecified atom stereocenters. The average molecular weight is 510 g/mol. The maximum absolute atomic E-state index is 10.0. The van der Waals surface area contributed by atoms with Gasteiger partial charge in [0.05, 0.1) is 6.26 Å². The molecule has 2 N–H and O–H groups in total. The SMILES string of the molecule is CS(=O)(=O)O.Oc1ccc2c(c1)CC[C@H](c1ccccc1)[C@@H]2c1ccc(OCCN2CCCC2)cc1. The zero-order chi connectivity index (χ0) is 25.5. The van der Waals surface area contributed by atoms with E-state index in [-0.39, 0.29) is 5.92 Å². The first kappa shape index (κ1) is 26.2. The number of likely N-dealkylation sites (tertiary alicyclic amines) is 1. The van der Waals surface area contributed by atoms with Gasteiger partial charge in [-0.1, -0.05) is 48.5 Å². The summed E-state index contributed by atoms with van der Waals surface area (Å²) >= 11 is 0. The Hall–Kier alpha value is -2.87. The van der Waals surface area contributed by atoms with Crippen LogP contribution in [0.15, 0.2) is 72.8 Å². The predicted octanol–water partition coefficient (Wildman–Crippen LogP) is 5.23. The van der Waals surface area contributed by atoms with Gasteiger partial charge in [-0.3, -0.25) is 9.45 Å². The summed E-state index contributed by atoms with van der Waals surface area (Å²) < 4.78 is 31.9. The first-order chi connectivity index (χ1) is 17.3. The molecular formula is C29H35NO5S. The Kier molecular flexibility index (Phi) is 8.67. The van der Waals surface area contributed by atoms with Crippen LogP contribution in [0.1, 0.15) is 53.4 Å². The van der Waals surface area contributed by atoms with Crippen molar-refractivity contribution in [1.82, 2.24) is 4.90 Å². The van der Waals surface area contributed by atoms with Crippen LogP contribution in [-0.4, -0.2) is 55.5 Å². The van der Waals surface area contributed by atoms with Gasteiger partial charge in [0.1, 0.15) is 18.1 Å². The van der Waals surface area contributed by atoms with E-state index in [4.69, 9.17) is 9.29 Å². The van der Waals surface area contributed by atoms with E-state index < -0.39 is 10.1 Å². The van der Waals surface area contributed by atoms with E-state index in [1.807, 2.05) is 12.1 Å². The number of phenolic OH excluding ortho intramolecular Hbond substituents is 1. The molecule has 1 saturated heterocycles. The van der Waals surface area contributed by atoms with E-state index >= 15 is 0 Å². The highest BCUT2D eigenvalue weighted by molar-refractivity contribution is 7.85. The van der Waals surface area contributed by atoms with Crippen molar-refractivity contribution in [3.8, 4) is 11.5 Å².